The van der Waals surface area contributed by atoms with Crippen molar-refractivity contribution in [2.75, 3.05) is 27.2 Å². The lowest BCUT2D eigenvalue weighted by molar-refractivity contribution is -0.120. The van der Waals surface area contributed by atoms with Crippen LogP contribution in [0, 0.1) is 6.92 Å². The predicted molar refractivity (Wildman–Crippen MR) is 116 cm³/mol. The third kappa shape index (κ3) is 7.16. The van der Waals surface area contributed by atoms with Crippen LogP contribution in [-0.2, 0) is 4.79 Å². The average molecular weight is 395 g/mol. The summed E-state index contributed by atoms with van der Waals surface area (Å²) in [7, 11) is 4.13. The van der Waals surface area contributed by atoms with Gasteiger partial charge in [0.2, 0.25) is 5.91 Å². The molecule has 1 N–H and O–H groups in total. The topological polar surface area (TPSA) is 32.3 Å². The van der Waals surface area contributed by atoms with Crippen molar-refractivity contribution in [2.45, 2.75) is 66.6 Å². The molecule has 0 heterocycles. The van der Waals surface area contributed by atoms with Gasteiger partial charge in [-0.2, -0.15) is 0 Å². The fourth-order valence-corrected chi connectivity index (χ4v) is 6.29. The van der Waals surface area contributed by atoms with Crippen molar-refractivity contribution in [3.05, 3.63) is 29.8 Å². The van der Waals surface area contributed by atoms with E-state index >= 15 is 0 Å². The molecule has 146 valence electrons. The Kier molecular flexibility index (Phi) is 9.37. The Labute approximate surface area is 168 Å². The van der Waals surface area contributed by atoms with Gasteiger partial charge in [-0.05, 0) is 65.4 Å². The zero-order chi connectivity index (χ0) is 18.9. The molecule has 0 radical (unpaired) electrons. The van der Waals surface area contributed by atoms with Crippen molar-refractivity contribution in [3.8, 4) is 0 Å². The lowest BCUT2D eigenvalue weighted by Crippen LogP contribution is -2.35. The minimum atomic E-state index is 0.0254. The second-order valence-electron chi connectivity index (χ2n) is 7.47. The van der Waals surface area contributed by atoms with E-state index in [4.69, 9.17) is 0 Å². The number of carbonyl (C=O) groups is 1. The molecule has 3 nitrogen and oxygen atoms in total. The van der Waals surface area contributed by atoms with Gasteiger partial charge >= 0.3 is 0 Å². The zero-order valence-corrected chi connectivity index (χ0v) is 18.3. The number of benzene rings is 1. The summed E-state index contributed by atoms with van der Waals surface area (Å²) in [6, 6.07) is 8.66. The van der Waals surface area contributed by atoms with E-state index in [9.17, 15) is 4.79 Å². The number of nitrogens with one attached hydrogen (secondary N) is 1. The minimum absolute atomic E-state index is 0.0254. The summed E-state index contributed by atoms with van der Waals surface area (Å²) < 4.78 is 0. The lowest BCUT2D eigenvalue weighted by atomic mass is 10.00. The predicted octanol–water partition coefficient (Wildman–Crippen LogP) is 4.59. The summed E-state index contributed by atoms with van der Waals surface area (Å²) >= 11 is 3.90. The minimum Gasteiger partial charge on any atom is -0.355 e. The summed E-state index contributed by atoms with van der Waals surface area (Å²) in [4.78, 5) is 16.0. The Morgan fingerprint density at radius 2 is 1.92 bits per heavy atom. The van der Waals surface area contributed by atoms with E-state index in [0.29, 0.717) is 10.5 Å². The van der Waals surface area contributed by atoms with Crippen LogP contribution < -0.4 is 5.32 Å². The molecule has 0 saturated heterocycles. The highest BCUT2D eigenvalue weighted by Gasteiger charge is 2.30. The van der Waals surface area contributed by atoms with Crippen molar-refractivity contribution >= 4 is 29.4 Å². The molecular formula is C21H34N2OS2. The Morgan fingerprint density at radius 3 is 2.62 bits per heavy atom. The number of rotatable bonds is 9. The molecule has 1 aliphatic carbocycles. The second kappa shape index (κ2) is 11.3. The SMILES string of the molecule is Cc1ccccc1SC1CCCCC1SC(C)C(=O)NCCCN(C)C. The highest BCUT2D eigenvalue weighted by molar-refractivity contribution is 8.04. The first kappa shape index (κ1) is 21.6. The molecule has 1 aromatic rings. The summed E-state index contributed by atoms with van der Waals surface area (Å²) in [5.41, 5.74) is 1.36. The van der Waals surface area contributed by atoms with Crippen molar-refractivity contribution in [1.29, 1.82) is 0 Å². The van der Waals surface area contributed by atoms with Crippen molar-refractivity contribution in [3.63, 3.8) is 0 Å². The fraction of sp³-hybridized carbons (Fsp3) is 0.667. The van der Waals surface area contributed by atoms with Gasteiger partial charge < -0.3 is 10.2 Å². The fourth-order valence-electron chi connectivity index (χ4n) is 3.28. The summed E-state index contributed by atoms with van der Waals surface area (Å²) in [5.74, 6) is 0.193. The highest BCUT2D eigenvalue weighted by atomic mass is 32.2. The van der Waals surface area contributed by atoms with Gasteiger partial charge in [0, 0.05) is 21.9 Å². The molecule has 3 atom stereocenters. The number of nitrogens with zero attached hydrogens (tertiary/aromatic N) is 1. The summed E-state index contributed by atoms with van der Waals surface area (Å²) in [6.45, 7) is 6.04. The van der Waals surface area contributed by atoms with Gasteiger partial charge in [-0.15, -0.1) is 23.5 Å². The van der Waals surface area contributed by atoms with Crippen LogP contribution >= 0.6 is 23.5 Å². The van der Waals surface area contributed by atoms with Gasteiger partial charge in [0.25, 0.3) is 0 Å². The van der Waals surface area contributed by atoms with Crippen LogP contribution in [0.2, 0.25) is 0 Å². The monoisotopic (exact) mass is 394 g/mol. The molecule has 1 aromatic carbocycles. The highest BCUT2D eigenvalue weighted by Crippen LogP contribution is 2.41. The van der Waals surface area contributed by atoms with E-state index in [2.05, 4.69) is 62.4 Å². The van der Waals surface area contributed by atoms with Crippen LogP contribution in [0.3, 0.4) is 0 Å². The van der Waals surface area contributed by atoms with Crippen LogP contribution in [-0.4, -0.2) is 53.7 Å². The molecule has 0 aromatic heterocycles. The van der Waals surface area contributed by atoms with E-state index in [1.807, 2.05) is 23.5 Å². The third-order valence-corrected chi connectivity index (χ3v) is 8.13. The molecule has 1 fully saturated rings. The van der Waals surface area contributed by atoms with Crippen molar-refractivity contribution in [1.82, 2.24) is 10.2 Å². The van der Waals surface area contributed by atoms with Crippen molar-refractivity contribution < 1.29 is 4.79 Å². The molecule has 0 aliphatic heterocycles. The van der Waals surface area contributed by atoms with E-state index in [1.54, 1.807) is 0 Å². The average Bonchev–Trinajstić information content (AvgIpc) is 2.61. The van der Waals surface area contributed by atoms with E-state index in [0.717, 1.165) is 19.5 Å². The Bertz CT molecular complexity index is 565. The smallest absolute Gasteiger partial charge is 0.232 e. The number of hydrogen-bond acceptors (Lipinski definition) is 4. The van der Waals surface area contributed by atoms with Gasteiger partial charge in [0.15, 0.2) is 0 Å². The van der Waals surface area contributed by atoms with E-state index in [1.165, 1.54) is 36.1 Å². The quantitative estimate of drug-likeness (QED) is 0.621. The molecule has 2 rings (SSSR count). The van der Waals surface area contributed by atoms with Gasteiger partial charge in [0.1, 0.15) is 0 Å². The molecule has 1 aliphatic rings. The Morgan fingerprint density at radius 1 is 1.23 bits per heavy atom. The number of thioether (sulfide) groups is 2. The van der Waals surface area contributed by atoms with Gasteiger partial charge in [0.05, 0.1) is 5.25 Å². The Hall–Kier alpha value is -0.650. The van der Waals surface area contributed by atoms with Gasteiger partial charge in [-0.25, -0.2) is 0 Å². The molecule has 26 heavy (non-hydrogen) atoms. The number of aryl methyl sites for hydroxylation is 1. The standard InChI is InChI=1S/C21H34N2OS2/c1-16-10-5-6-11-18(16)26-20-13-8-7-12-19(20)25-17(2)21(24)22-14-9-15-23(3)4/h5-6,10-11,17,19-20H,7-9,12-15H2,1-4H3,(H,22,24). The summed E-state index contributed by atoms with van der Waals surface area (Å²) in [5, 5.41) is 4.31. The Balaban J connectivity index is 1.84. The molecular weight excluding hydrogens is 360 g/mol. The second-order valence-corrected chi connectivity index (χ2v) is 10.3. The third-order valence-electron chi connectivity index (χ3n) is 4.84. The van der Waals surface area contributed by atoms with Crippen LogP contribution in [0.5, 0.6) is 0 Å². The summed E-state index contributed by atoms with van der Waals surface area (Å²) in [6.07, 6.45) is 6.09. The zero-order valence-electron chi connectivity index (χ0n) is 16.7. The molecule has 0 spiro atoms. The van der Waals surface area contributed by atoms with Crippen LogP contribution in [0.1, 0.15) is 44.6 Å². The number of amides is 1. The van der Waals surface area contributed by atoms with E-state index < -0.39 is 0 Å². The first-order chi connectivity index (χ1) is 12.5. The van der Waals surface area contributed by atoms with E-state index in [-0.39, 0.29) is 11.2 Å². The molecule has 5 heteroatoms. The normalized spacial score (nSPS) is 21.6. The van der Waals surface area contributed by atoms with Crippen LogP contribution in [0.15, 0.2) is 29.2 Å². The van der Waals surface area contributed by atoms with Gasteiger partial charge in [-0.1, -0.05) is 31.0 Å². The first-order valence-corrected chi connectivity index (χ1v) is 11.6. The molecule has 1 saturated carbocycles. The van der Waals surface area contributed by atoms with Crippen LogP contribution in [0.25, 0.3) is 0 Å². The molecule has 0 bridgehead atoms. The maximum Gasteiger partial charge on any atom is 0.232 e. The number of hydrogen-bond donors (Lipinski definition) is 1. The van der Waals surface area contributed by atoms with Crippen molar-refractivity contribution in [2.24, 2.45) is 0 Å². The van der Waals surface area contributed by atoms with Gasteiger partial charge in [-0.3, -0.25) is 4.79 Å². The molecule has 1 amide bonds. The largest absolute Gasteiger partial charge is 0.355 e. The first-order valence-electron chi connectivity index (χ1n) is 9.77. The lowest BCUT2D eigenvalue weighted by Gasteiger charge is -2.32. The number of carbonyl (C=O) groups excluding carboxylic acids is 1. The molecule has 3 unspecified atom stereocenters. The maximum atomic E-state index is 12.4. The van der Waals surface area contributed by atoms with Crippen LogP contribution in [0.4, 0.5) is 0 Å². The maximum absolute atomic E-state index is 12.4.